The van der Waals surface area contributed by atoms with Crippen molar-refractivity contribution >= 4 is 11.2 Å². The fourth-order valence-electron chi connectivity index (χ4n) is 2.02. The lowest BCUT2D eigenvalue weighted by molar-refractivity contribution is 0.130. The number of rotatable bonds is 3. The zero-order chi connectivity index (χ0) is 12.4. The third-order valence-electron chi connectivity index (χ3n) is 2.86. The van der Waals surface area contributed by atoms with Gasteiger partial charge in [-0.25, -0.2) is 9.97 Å². The molecule has 0 aliphatic heterocycles. The Hall–Kier alpha value is -2.20. The molecule has 0 saturated carbocycles. The van der Waals surface area contributed by atoms with Gasteiger partial charge in [0.1, 0.15) is 11.9 Å². The number of nitrogens with zero attached hydrogens (tertiary/aromatic N) is 2. The first kappa shape index (κ1) is 10.9. The molecule has 0 bridgehead atoms. The standard InChI is InChI=1S/C14H13N3O/c1-18-12(10-6-3-2-4-7-10)14-16-11-8-5-9-15-13(11)17-14/h2-9,12H,1H3,(H,15,16,17). The minimum absolute atomic E-state index is 0.194. The van der Waals surface area contributed by atoms with Crippen LogP contribution in [0, 0.1) is 0 Å². The van der Waals surface area contributed by atoms with Crippen LogP contribution in [0.15, 0.2) is 48.7 Å². The number of methoxy groups -OCH3 is 1. The summed E-state index contributed by atoms with van der Waals surface area (Å²) >= 11 is 0. The molecule has 3 aromatic rings. The number of hydrogen-bond acceptors (Lipinski definition) is 3. The van der Waals surface area contributed by atoms with Crippen LogP contribution in [-0.2, 0) is 4.74 Å². The highest BCUT2D eigenvalue weighted by molar-refractivity contribution is 5.70. The van der Waals surface area contributed by atoms with Crippen LogP contribution in [-0.4, -0.2) is 22.1 Å². The van der Waals surface area contributed by atoms with Crippen LogP contribution in [0.4, 0.5) is 0 Å². The van der Waals surface area contributed by atoms with Crippen LogP contribution in [0.3, 0.4) is 0 Å². The quantitative estimate of drug-likeness (QED) is 0.764. The zero-order valence-corrected chi connectivity index (χ0v) is 10.00. The number of ether oxygens (including phenoxy) is 1. The van der Waals surface area contributed by atoms with Gasteiger partial charge in [-0.05, 0) is 17.7 Å². The Kier molecular flexibility index (Phi) is 2.78. The van der Waals surface area contributed by atoms with E-state index in [1.54, 1.807) is 13.3 Å². The van der Waals surface area contributed by atoms with Crippen LogP contribution in [0.2, 0.25) is 0 Å². The van der Waals surface area contributed by atoms with Crippen molar-refractivity contribution < 1.29 is 4.74 Å². The molecule has 0 fully saturated rings. The first-order valence-corrected chi connectivity index (χ1v) is 5.77. The van der Waals surface area contributed by atoms with Crippen molar-refractivity contribution in [2.75, 3.05) is 7.11 Å². The number of aromatic nitrogens is 3. The maximum atomic E-state index is 5.53. The number of hydrogen-bond donors (Lipinski definition) is 1. The largest absolute Gasteiger partial charge is 0.369 e. The average Bonchev–Trinajstić information content (AvgIpc) is 2.84. The van der Waals surface area contributed by atoms with E-state index in [2.05, 4.69) is 15.0 Å². The number of fused-ring (bicyclic) bond motifs is 1. The van der Waals surface area contributed by atoms with Crippen molar-refractivity contribution in [3.63, 3.8) is 0 Å². The summed E-state index contributed by atoms with van der Waals surface area (Å²) in [5.41, 5.74) is 2.70. The van der Waals surface area contributed by atoms with Crippen LogP contribution in [0.5, 0.6) is 0 Å². The van der Waals surface area contributed by atoms with Gasteiger partial charge < -0.3 is 9.72 Å². The summed E-state index contributed by atoms with van der Waals surface area (Å²) in [6.45, 7) is 0. The molecular formula is C14H13N3O. The van der Waals surface area contributed by atoms with Gasteiger partial charge in [0.05, 0.1) is 5.52 Å². The SMILES string of the molecule is COC(c1ccccc1)c1nc2ncccc2[nH]1. The lowest BCUT2D eigenvalue weighted by atomic mass is 10.1. The van der Waals surface area contributed by atoms with Gasteiger partial charge in [0.25, 0.3) is 0 Å². The van der Waals surface area contributed by atoms with Gasteiger partial charge in [-0.3, -0.25) is 0 Å². The van der Waals surface area contributed by atoms with E-state index >= 15 is 0 Å². The molecule has 4 heteroatoms. The first-order chi connectivity index (χ1) is 8.88. The Morgan fingerprint density at radius 2 is 1.94 bits per heavy atom. The van der Waals surface area contributed by atoms with Crippen molar-refractivity contribution in [2.45, 2.75) is 6.10 Å². The molecule has 4 nitrogen and oxygen atoms in total. The van der Waals surface area contributed by atoms with Crippen molar-refractivity contribution in [3.8, 4) is 0 Å². The maximum absolute atomic E-state index is 5.53. The van der Waals surface area contributed by atoms with E-state index in [-0.39, 0.29) is 6.10 Å². The molecule has 18 heavy (non-hydrogen) atoms. The predicted molar refractivity (Wildman–Crippen MR) is 69.2 cm³/mol. The minimum Gasteiger partial charge on any atom is -0.369 e. The fraction of sp³-hybridized carbons (Fsp3) is 0.143. The Bertz CT molecular complexity index is 615. The second-order valence-electron chi connectivity index (χ2n) is 4.02. The second-order valence-corrected chi connectivity index (χ2v) is 4.02. The third kappa shape index (κ3) is 1.87. The fourth-order valence-corrected chi connectivity index (χ4v) is 2.02. The predicted octanol–water partition coefficient (Wildman–Crippen LogP) is 2.69. The number of benzene rings is 1. The molecule has 0 radical (unpaired) electrons. The number of imidazole rings is 1. The molecule has 0 spiro atoms. The lowest BCUT2D eigenvalue weighted by Gasteiger charge is -2.12. The smallest absolute Gasteiger partial charge is 0.177 e. The molecule has 1 atom stereocenters. The van der Waals surface area contributed by atoms with Crippen molar-refractivity contribution in [3.05, 3.63) is 60.0 Å². The molecular weight excluding hydrogens is 226 g/mol. The van der Waals surface area contributed by atoms with Gasteiger partial charge in [0, 0.05) is 13.3 Å². The van der Waals surface area contributed by atoms with E-state index in [1.165, 1.54) is 0 Å². The van der Waals surface area contributed by atoms with Gasteiger partial charge in [-0.2, -0.15) is 0 Å². The molecule has 1 N–H and O–H groups in total. The topological polar surface area (TPSA) is 50.8 Å². The summed E-state index contributed by atoms with van der Waals surface area (Å²) in [6, 6.07) is 13.8. The monoisotopic (exact) mass is 239 g/mol. The summed E-state index contributed by atoms with van der Waals surface area (Å²) < 4.78 is 5.53. The Morgan fingerprint density at radius 1 is 1.11 bits per heavy atom. The molecule has 0 saturated heterocycles. The summed E-state index contributed by atoms with van der Waals surface area (Å²) in [7, 11) is 1.68. The number of nitrogens with one attached hydrogen (secondary N) is 1. The lowest BCUT2D eigenvalue weighted by Crippen LogP contribution is -2.05. The van der Waals surface area contributed by atoms with Gasteiger partial charge >= 0.3 is 0 Å². The van der Waals surface area contributed by atoms with Crippen molar-refractivity contribution in [1.82, 2.24) is 15.0 Å². The molecule has 1 unspecified atom stereocenters. The normalized spacial score (nSPS) is 12.7. The molecule has 2 aromatic heterocycles. The van der Waals surface area contributed by atoms with Crippen molar-refractivity contribution in [1.29, 1.82) is 0 Å². The van der Waals surface area contributed by atoms with Gasteiger partial charge in [0.15, 0.2) is 5.65 Å². The summed E-state index contributed by atoms with van der Waals surface area (Å²) in [6.07, 6.45) is 1.54. The summed E-state index contributed by atoms with van der Waals surface area (Å²) in [5, 5.41) is 0. The van der Waals surface area contributed by atoms with Crippen LogP contribution in [0.25, 0.3) is 11.2 Å². The third-order valence-corrected chi connectivity index (χ3v) is 2.86. The highest BCUT2D eigenvalue weighted by Crippen LogP contribution is 2.24. The molecule has 0 amide bonds. The highest BCUT2D eigenvalue weighted by atomic mass is 16.5. The van der Waals surface area contributed by atoms with E-state index < -0.39 is 0 Å². The average molecular weight is 239 g/mol. The molecule has 0 aliphatic rings. The molecule has 3 rings (SSSR count). The van der Waals surface area contributed by atoms with Gasteiger partial charge in [-0.15, -0.1) is 0 Å². The zero-order valence-electron chi connectivity index (χ0n) is 10.00. The van der Waals surface area contributed by atoms with Crippen molar-refractivity contribution in [2.24, 2.45) is 0 Å². The Labute approximate surface area is 105 Å². The minimum atomic E-state index is -0.194. The van der Waals surface area contributed by atoms with Gasteiger partial charge in [-0.1, -0.05) is 30.3 Å². The Balaban J connectivity index is 2.06. The number of aromatic amines is 1. The molecule has 1 aromatic carbocycles. The van der Waals surface area contributed by atoms with Crippen LogP contribution in [0.1, 0.15) is 17.5 Å². The summed E-state index contributed by atoms with van der Waals surface area (Å²) in [5.74, 6) is 0.775. The number of H-pyrrole nitrogens is 1. The van der Waals surface area contributed by atoms with E-state index in [0.29, 0.717) is 5.65 Å². The van der Waals surface area contributed by atoms with E-state index in [4.69, 9.17) is 4.74 Å². The molecule has 90 valence electrons. The first-order valence-electron chi connectivity index (χ1n) is 5.77. The highest BCUT2D eigenvalue weighted by Gasteiger charge is 2.17. The number of pyridine rings is 1. The second kappa shape index (κ2) is 4.58. The van der Waals surface area contributed by atoms with Crippen LogP contribution >= 0.6 is 0 Å². The van der Waals surface area contributed by atoms with E-state index in [1.807, 2.05) is 42.5 Å². The van der Waals surface area contributed by atoms with E-state index in [9.17, 15) is 0 Å². The maximum Gasteiger partial charge on any atom is 0.177 e. The summed E-state index contributed by atoms with van der Waals surface area (Å²) in [4.78, 5) is 11.9. The Morgan fingerprint density at radius 3 is 2.67 bits per heavy atom. The molecule has 0 aliphatic carbocycles. The van der Waals surface area contributed by atoms with Gasteiger partial charge in [0.2, 0.25) is 0 Å². The van der Waals surface area contributed by atoms with E-state index in [0.717, 1.165) is 16.9 Å². The van der Waals surface area contributed by atoms with Crippen LogP contribution < -0.4 is 0 Å². The molecule has 2 heterocycles.